The molecule has 1 aromatic heterocycles. The van der Waals surface area contributed by atoms with Gasteiger partial charge in [0.2, 0.25) is 0 Å². The fourth-order valence-corrected chi connectivity index (χ4v) is 3.05. The van der Waals surface area contributed by atoms with E-state index in [0.29, 0.717) is 6.54 Å². The number of thiophene rings is 1. The zero-order chi connectivity index (χ0) is 12.8. The second-order valence-electron chi connectivity index (χ2n) is 4.70. The van der Waals surface area contributed by atoms with E-state index in [4.69, 9.17) is 5.73 Å². The molecule has 0 saturated carbocycles. The predicted molar refractivity (Wildman–Crippen MR) is 77.6 cm³/mol. The van der Waals surface area contributed by atoms with Gasteiger partial charge in [-0.3, -0.25) is 4.90 Å². The lowest BCUT2D eigenvalue weighted by molar-refractivity contribution is 0.271. The average Bonchev–Trinajstić information content (AvgIpc) is 2.70. The summed E-state index contributed by atoms with van der Waals surface area (Å²) in [4.78, 5) is 6.31. The number of hydrogen-bond acceptors (Lipinski definition) is 4. The highest BCUT2D eigenvalue weighted by Crippen LogP contribution is 2.18. The summed E-state index contributed by atoms with van der Waals surface area (Å²) in [6, 6.07) is 2.10. The van der Waals surface area contributed by atoms with E-state index in [1.54, 1.807) is 11.3 Å². The van der Waals surface area contributed by atoms with Crippen molar-refractivity contribution in [3.63, 3.8) is 0 Å². The van der Waals surface area contributed by atoms with Crippen molar-refractivity contribution in [2.24, 2.45) is 5.73 Å². The standard InChI is InChI=1S/C14H21N3S/c1-16-7-3-8-17(10-9-16)12-14-13(4-2-6-15)5-11-18-14/h5,11H,3,6-10,12,15H2,1H3. The lowest BCUT2D eigenvalue weighted by Gasteiger charge is -2.19. The van der Waals surface area contributed by atoms with Crippen LogP contribution < -0.4 is 5.73 Å². The van der Waals surface area contributed by atoms with E-state index in [1.807, 2.05) is 0 Å². The predicted octanol–water partition coefficient (Wildman–Crippen LogP) is 1.20. The van der Waals surface area contributed by atoms with Gasteiger partial charge in [-0.25, -0.2) is 0 Å². The molecule has 1 saturated heterocycles. The molecule has 2 heterocycles. The summed E-state index contributed by atoms with van der Waals surface area (Å²) < 4.78 is 0. The lowest BCUT2D eigenvalue weighted by Crippen LogP contribution is -2.28. The van der Waals surface area contributed by atoms with Gasteiger partial charge in [0.05, 0.1) is 6.54 Å². The molecule has 0 bridgehead atoms. The van der Waals surface area contributed by atoms with Gasteiger partial charge in [0, 0.05) is 30.1 Å². The maximum absolute atomic E-state index is 5.43. The highest BCUT2D eigenvalue weighted by Gasteiger charge is 2.14. The topological polar surface area (TPSA) is 32.5 Å². The third kappa shape index (κ3) is 3.82. The minimum absolute atomic E-state index is 0.434. The molecule has 0 unspecified atom stereocenters. The summed E-state index contributed by atoms with van der Waals surface area (Å²) >= 11 is 1.80. The van der Waals surface area contributed by atoms with E-state index >= 15 is 0 Å². The number of nitrogens with two attached hydrogens (primary N) is 1. The number of likely N-dealkylation sites (N-methyl/N-ethyl adjacent to an activating group) is 1. The summed E-state index contributed by atoms with van der Waals surface area (Å²) in [5.74, 6) is 6.11. The molecule has 4 heteroatoms. The van der Waals surface area contributed by atoms with Gasteiger partial charge >= 0.3 is 0 Å². The molecule has 1 fully saturated rings. The van der Waals surface area contributed by atoms with Gasteiger partial charge < -0.3 is 10.6 Å². The first-order valence-electron chi connectivity index (χ1n) is 6.46. The van der Waals surface area contributed by atoms with Crippen molar-refractivity contribution in [1.29, 1.82) is 0 Å². The molecule has 0 radical (unpaired) electrons. The molecule has 1 aliphatic heterocycles. The van der Waals surface area contributed by atoms with Gasteiger partial charge in [-0.2, -0.15) is 0 Å². The van der Waals surface area contributed by atoms with Crippen LogP contribution in [-0.4, -0.2) is 49.6 Å². The van der Waals surface area contributed by atoms with Crippen LogP contribution in [0.2, 0.25) is 0 Å². The normalized spacial score (nSPS) is 18.1. The van der Waals surface area contributed by atoms with E-state index in [-0.39, 0.29) is 0 Å². The summed E-state index contributed by atoms with van der Waals surface area (Å²) in [5.41, 5.74) is 6.58. The van der Waals surface area contributed by atoms with Crippen molar-refractivity contribution >= 4 is 11.3 Å². The highest BCUT2D eigenvalue weighted by molar-refractivity contribution is 7.10. The van der Waals surface area contributed by atoms with E-state index in [0.717, 1.165) is 25.2 Å². The fraction of sp³-hybridized carbons (Fsp3) is 0.571. The molecular formula is C14H21N3S. The molecule has 1 aliphatic rings. The molecule has 18 heavy (non-hydrogen) atoms. The Kier molecular flexibility index (Phi) is 5.21. The van der Waals surface area contributed by atoms with Crippen LogP contribution in [0.1, 0.15) is 16.9 Å². The maximum atomic E-state index is 5.43. The molecular weight excluding hydrogens is 242 g/mol. The largest absolute Gasteiger partial charge is 0.320 e. The number of hydrogen-bond donors (Lipinski definition) is 1. The number of nitrogens with zero attached hydrogens (tertiary/aromatic N) is 2. The maximum Gasteiger partial charge on any atom is 0.0555 e. The SMILES string of the molecule is CN1CCCN(Cc2sccc2C#CCN)CC1. The van der Waals surface area contributed by atoms with Crippen LogP contribution in [0.25, 0.3) is 0 Å². The zero-order valence-corrected chi connectivity index (χ0v) is 11.8. The molecule has 0 spiro atoms. The summed E-state index contributed by atoms with van der Waals surface area (Å²) in [6.07, 6.45) is 1.26. The third-order valence-corrected chi connectivity index (χ3v) is 4.16. The Hall–Kier alpha value is -0.860. The Morgan fingerprint density at radius 3 is 3.06 bits per heavy atom. The van der Waals surface area contributed by atoms with Crippen molar-refractivity contribution in [1.82, 2.24) is 9.80 Å². The third-order valence-electron chi connectivity index (χ3n) is 3.25. The van der Waals surface area contributed by atoms with Crippen LogP contribution >= 0.6 is 11.3 Å². The molecule has 3 nitrogen and oxygen atoms in total. The molecule has 0 amide bonds. The molecule has 98 valence electrons. The van der Waals surface area contributed by atoms with Gasteiger partial charge in [-0.15, -0.1) is 11.3 Å². The number of rotatable bonds is 2. The quantitative estimate of drug-likeness (QED) is 0.814. The van der Waals surface area contributed by atoms with Crippen molar-refractivity contribution in [2.45, 2.75) is 13.0 Å². The summed E-state index contributed by atoms with van der Waals surface area (Å²) in [7, 11) is 2.20. The first-order valence-corrected chi connectivity index (χ1v) is 7.34. The summed E-state index contributed by atoms with van der Waals surface area (Å²) in [5, 5.41) is 2.12. The lowest BCUT2D eigenvalue weighted by atomic mass is 10.2. The molecule has 0 aromatic carbocycles. The van der Waals surface area contributed by atoms with Crippen LogP contribution in [0.15, 0.2) is 11.4 Å². The summed E-state index contributed by atoms with van der Waals surface area (Å²) in [6.45, 7) is 6.17. The van der Waals surface area contributed by atoms with Gasteiger partial charge in [-0.1, -0.05) is 11.8 Å². The monoisotopic (exact) mass is 263 g/mol. The first kappa shape index (κ1) is 13.6. The average molecular weight is 263 g/mol. The highest BCUT2D eigenvalue weighted by atomic mass is 32.1. The Balaban J connectivity index is 1.98. The van der Waals surface area contributed by atoms with Crippen molar-refractivity contribution in [2.75, 3.05) is 39.8 Å². The van der Waals surface area contributed by atoms with Gasteiger partial charge in [-0.05, 0) is 38.0 Å². The second kappa shape index (κ2) is 6.91. The first-order chi connectivity index (χ1) is 8.79. The smallest absolute Gasteiger partial charge is 0.0555 e. The minimum atomic E-state index is 0.434. The van der Waals surface area contributed by atoms with Crippen molar-refractivity contribution in [3.05, 3.63) is 21.9 Å². The van der Waals surface area contributed by atoms with Crippen LogP contribution in [0, 0.1) is 11.8 Å². The van der Waals surface area contributed by atoms with Crippen molar-refractivity contribution in [3.8, 4) is 11.8 Å². The minimum Gasteiger partial charge on any atom is -0.320 e. The van der Waals surface area contributed by atoms with Crippen LogP contribution in [-0.2, 0) is 6.54 Å². The van der Waals surface area contributed by atoms with Crippen LogP contribution in [0.4, 0.5) is 0 Å². The molecule has 2 rings (SSSR count). The van der Waals surface area contributed by atoms with Crippen molar-refractivity contribution < 1.29 is 0 Å². The molecule has 0 atom stereocenters. The Morgan fingerprint density at radius 1 is 1.33 bits per heavy atom. The molecule has 1 aromatic rings. The zero-order valence-electron chi connectivity index (χ0n) is 11.0. The van der Waals surface area contributed by atoms with E-state index in [2.05, 4.69) is 40.1 Å². The van der Waals surface area contributed by atoms with Gasteiger partial charge in [0.15, 0.2) is 0 Å². The molecule has 2 N–H and O–H groups in total. The second-order valence-corrected chi connectivity index (χ2v) is 5.70. The Morgan fingerprint density at radius 2 is 2.22 bits per heavy atom. The van der Waals surface area contributed by atoms with Gasteiger partial charge in [0.1, 0.15) is 0 Å². The Labute approximate surface area is 114 Å². The van der Waals surface area contributed by atoms with E-state index in [9.17, 15) is 0 Å². The van der Waals surface area contributed by atoms with Crippen LogP contribution in [0.3, 0.4) is 0 Å². The fourth-order valence-electron chi connectivity index (χ4n) is 2.18. The van der Waals surface area contributed by atoms with E-state index in [1.165, 1.54) is 24.4 Å². The molecule has 0 aliphatic carbocycles. The van der Waals surface area contributed by atoms with Crippen LogP contribution in [0.5, 0.6) is 0 Å². The van der Waals surface area contributed by atoms with Gasteiger partial charge in [0.25, 0.3) is 0 Å². The van der Waals surface area contributed by atoms with E-state index < -0.39 is 0 Å². The Bertz CT molecular complexity index is 430.